The van der Waals surface area contributed by atoms with Gasteiger partial charge >= 0.3 is 0 Å². The maximum absolute atomic E-state index is 12.9. The summed E-state index contributed by atoms with van der Waals surface area (Å²) in [5.41, 5.74) is 6.45. The number of aliphatic hydroxyl groups is 1. The van der Waals surface area contributed by atoms with Gasteiger partial charge in [-0.25, -0.2) is 0 Å². The third kappa shape index (κ3) is 4.71. The summed E-state index contributed by atoms with van der Waals surface area (Å²) in [5, 5.41) is 12.5. The second-order valence-electron chi connectivity index (χ2n) is 9.43. The molecule has 0 spiro atoms. The number of allylic oxidation sites excluding steroid dienone is 1. The Hall–Kier alpha value is -2.63. The molecule has 1 aliphatic heterocycles. The van der Waals surface area contributed by atoms with Crippen molar-refractivity contribution in [1.82, 2.24) is 5.32 Å². The van der Waals surface area contributed by atoms with E-state index in [9.17, 15) is 9.90 Å². The summed E-state index contributed by atoms with van der Waals surface area (Å²) in [6, 6.07) is 15.3. The van der Waals surface area contributed by atoms with Crippen LogP contribution in [0.2, 0.25) is 0 Å². The van der Waals surface area contributed by atoms with Gasteiger partial charge in [-0.2, -0.15) is 0 Å². The molecule has 0 radical (unpaired) electrons. The maximum Gasteiger partial charge on any atom is 0.286 e. The van der Waals surface area contributed by atoms with Gasteiger partial charge < -0.3 is 19.9 Å². The highest BCUT2D eigenvalue weighted by molar-refractivity contribution is 5.91. The lowest BCUT2D eigenvalue weighted by Crippen LogP contribution is -2.39. The van der Waals surface area contributed by atoms with Gasteiger partial charge in [-0.1, -0.05) is 42.5 Å². The van der Waals surface area contributed by atoms with Crippen molar-refractivity contribution in [2.75, 3.05) is 19.8 Å². The van der Waals surface area contributed by atoms with Gasteiger partial charge in [0.15, 0.2) is 5.76 Å². The van der Waals surface area contributed by atoms with E-state index in [4.69, 9.17) is 9.47 Å². The van der Waals surface area contributed by atoms with Crippen molar-refractivity contribution in [3.63, 3.8) is 0 Å². The average molecular weight is 448 g/mol. The van der Waals surface area contributed by atoms with Crippen molar-refractivity contribution in [3.8, 4) is 11.1 Å². The Balaban J connectivity index is 1.47. The number of amides is 1. The van der Waals surface area contributed by atoms with Gasteiger partial charge in [-0.05, 0) is 78.8 Å². The van der Waals surface area contributed by atoms with Crippen LogP contribution in [0.1, 0.15) is 55.2 Å². The molecule has 1 saturated carbocycles. The standard InChI is InChI=1S/C28H33NO4/c1-2-32-28-24(8-5-13-30)25(16-26(33-28)27(31)29-17-18-9-10-18)20-11-12-23-21(15-20)14-19-6-3-4-7-22(19)23/h3-4,6-7,11-12,15-16,18,24-25,28,30H,2,5,8-10,13-14,17H2,1H3,(H,29,31)/t24-,25+,28+/m1/s1. The fraction of sp³-hybridized carbons (Fsp3) is 0.464. The number of carbonyl (C=O) groups is 1. The molecule has 2 aromatic rings. The van der Waals surface area contributed by atoms with Crippen molar-refractivity contribution >= 4 is 5.91 Å². The highest BCUT2D eigenvalue weighted by atomic mass is 16.7. The molecule has 2 aromatic carbocycles. The molecule has 1 fully saturated rings. The third-order valence-electron chi connectivity index (χ3n) is 7.09. The van der Waals surface area contributed by atoms with Crippen LogP contribution in [0.15, 0.2) is 54.3 Å². The number of rotatable bonds is 9. The molecular formula is C28H33NO4. The minimum Gasteiger partial charge on any atom is -0.459 e. The van der Waals surface area contributed by atoms with Crippen molar-refractivity contribution in [2.45, 2.75) is 51.2 Å². The molecule has 5 rings (SSSR count). The Bertz CT molecular complexity index is 1040. The zero-order chi connectivity index (χ0) is 22.8. The molecule has 33 heavy (non-hydrogen) atoms. The Kier molecular flexibility index (Phi) is 6.52. The van der Waals surface area contributed by atoms with Gasteiger partial charge in [0.2, 0.25) is 6.29 Å². The van der Waals surface area contributed by atoms with Crippen LogP contribution in [-0.4, -0.2) is 37.1 Å². The minimum atomic E-state index is -0.510. The van der Waals surface area contributed by atoms with Gasteiger partial charge in [-0.3, -0.25) is 4.79 Å². The largest absolute Gasteiger partial charge is 0.459 e. The van der Waals surface area contributed by atoms with Crippen molar-refractivity contribution in [1.29, 1.82) is 0 Å². The first-order valence-electron chi connectivity index (χ1n) is 12.3. The first-order valence-corrected chi connectivity index (χ1v) is 12.3. The molecule has 174 valence electrons. The van der Waals surface area contributed by atoms with Crippen molar-refractivity contribution < 1.29 is 19.4 Å². The number of hydrogen-bond acceptors (Lipinski definition) is 4. The smallest absolute Gasteiger partial charge is 0.286 e. The van der Waals surface area contributed by atoms with Crippen LogP contribution in [0.3, 0.4) is 0 Å². The van der Waals surface area contributed by atoms with E-state index in [1.807, 2.05) is 13.0 Å². The summed E-state index contributed by atoms with van der Waals surface area (Å²) in [6.07, 6.45) is 6.19. The highest BCUT2D eigenvalue weighted by Crippen LogP contribution is 2.43. The second-order valence-corrected chi connectivity index (χ2v) is 9.43. The Labute approximate surface area is 195 Å². The predicted octanol–water partition coefficient (Wildman–Crippen LogP) is 4.53. The SMILES string of the molecule is CCO[C@H]1OC(C(=O)NCC2CC2)=C[C@@H](c2ccc3c(c2)Cc2ccccc2-3)[C@H]1CCCO. The second kappa shape index (κ2) is 9.70. The zero-order valence-corrected chi connectivity index (χ0v) is 19.3. The normalized spacial score (nSPS) is 23.3. The van der Waals surface area contributed by atoms with Gasteiger partial charge in [0, 0.05) is 31.6 Å². The number of carbonyl (C=O) groups excluding carboxylic acids is 1. The molecule has 3 atom stereocenters. The molecular weight excluding hydrogens is 414 g/mol. The first kappa shape index (κ1) is 22.2. The van der Waals surface area contributed by atoms with Crippen LogP contribution in [0.25, 0.3) is 11.1 Å². The van der Waals surface area contributed by atoms with Crippen LogP contribution < -0.4 is 5.32 Å². The van der Waals surface area contributed by atoms with Crippen LogP contribution in [0, 0.1) is 11.8 Å². The van der Waals surface area contributed by atoms with E-state index in [0.717, 1.165) is 12.8 Å². The number of fused-ring (bicyclic) bond motifs is 3. The fourth-order valence-corrected chi connectivity index (χ4v) is 5.16. The number of ether oxygens (including phenoxy) is 2. The maximum atomic E-state index is 12.9. The molecule has 2 aliphatic carbocycles. The van der Waals surface area contributed by atoms with E-state index in [0.29, 0.717) is 31.2 Å². The lowest BCUT2D eigenvalue weighted by Gasteiger charge is -2.37. The van der Waals surface area contributed by atoms with E-state index in [2.05, 4.69) is 47.8 Å². The quantitative estimate of drug-likeness (QED) is 0.506. The zero-order valence-electron chi connectivity index (χ0n) is 19.3. The molecule has 2 N–H and O–H groups in total. The van der Waals surface area contributed by atoms with Crippen molar-refractivity contribution in [3.05, 3.63) is 71.0 Å². The molecule has 0 unspecified atom stereocenters. The van der Waals surface area contributed by atoms with E-state index in [-0.39, 0.29) is 24.3 Å². The summed E-state index contributed by atoms with van der Waals surface area (Å²) >= 11 is 0. The van der Waals surface area contributed by atoms with Crippen molar-refractivity contribution in [2.24, 2.45) is 11.8 Å². The molecule has 0 saturated heterocycles. The van der Waals surface area contributed by atoms with Gasteiger partial charge in [-0.15, -0.1) is 0 Å². The van der Waals surface area contributed by atoms with Gasteiger partial charge in [0.1, 0.15) is 0 Å². The van der Waals surface area contributed by atoms with E-state index < -0.39 is 6.29 Å². The molecule has 0 bridgehead atoms. The lowest BCUT2D eigenvalue weighted by atomic mass is 9.80. The summed E-state index contributed by atoms with van der Waals surface area (Å²) < 4.78 is 12.1. The topological polar surface area (TPSA) is 67.8 Å². The van der Waals surface area contributed by atoms with Gasteiger partial charge in [0.25, 0.3) is 5.91 Å². The molecule has 5 nitrogen and oxygen atoms in total. The summed E-state index contributed by atoms with van der Waals surface area (Å²) in [4.78, 5) is 12.9. The van der Waals surface area contributed by atoms with Crippen LogP contribution in [-0.2, 0) is 20.7 Å². The molecule has 0 aromatic heterocycles. The Morgan fingerprint density at radius 3 is 2.76 bits per heavy atom. The molecule has 5 heteroatoms. The number of benzene rings is 2. The molecule has 1 amide bonds. The summed E-state index contributed by atoms with van der Waals surface area (Å²) in [5.74, 6) is 0.803. The van der Waals surface area contributed by atoms with Crippen LogP contribution in [0.4, 0.5) is 0 Å². The highest BCUT2D eigenvalue weighted by Gasteiger charge is 2.38. The lowest BCUT2D eigenvalue weighted by molar-refractivity contribution is -0.166. The van der Waals surface area contributed by atoms with Crippen LogP contribution in [0.5, 0.6) is 0 Å². The van der Waals surface area contributed by atoms with E-state index in [1.54, 1.807) is 0 Å². The minimum absolute atomic E-state index is 0.0162. The molecule has 1 heterocycles. The van der Waals surface area contributed by atoms with Crippen LogP contribution >= 0.6 is 0 Å². The average Bonchev–Trinajstić information content (AvgIpc) is 3.59. The number of hydrogen-bond donors (Lipinski definition) is 2. The fourth-order valence-electron chi connectivity index (χ4n) is 5.16. The monoisotopic (exact) mass is 447 g/mol. The molecule has 3 aliphatic rings. The van der Waals surface area contributed by atoms with E-state index in [1.165, 1.54) is 40.7 Å². The Morgan fingerprint density at radius 1 is 1.15 bits per heavy atom. The summed E-state index contributed by atoms with van der Waals surface area (Å²) in [7, 11) is 0. The number of nitrogens with one attached hydrogen (secondary N) is 1. The predicted molar refractivity (Wildman–Crippen MR) is 128 cm³/mol. The van der Waals surface area contributed by atoms with E-state index >= 15 is 0 Å². The van der Waals surface area contributed by atoms with Gasteiger partial charge in [0.05, 0.1) is 0 Å². The summed E-state index contributed by atoms with van der Waals surface area (Å²) in [6.45, 7) is 3.28. The number of aliphatic hydroxyl groups excluding tert-OH is 1. The Morgan fingerprint density at radius 2 is 1.97 bits per heavy atom. The first-order chi connectivity index (χ1) is 16.2. The third-order valence-corrected chi connectivity index (χ3v) is 7.09.